The summed E-state index contributed by atoms with van der Waals surface area (Å²) < 4.78 is 0. The van der Waals surface area contributed by atoms with Crippen molar-refractivity contribution in [3.8, 4) is 6.07 Å². The molecule has 2 rings (SSSR count). The average molecular weight is 235 g/mol. The molecule has 88 valence electrons. The standard InChI is InChI=1S/C15H13N3/c1-12-4-2-3-5-15(12)18-17-11-14-8-6-13(10-16)7-9-14/h2-9,11,18H,1H3/b17-11-. The topological polar surface area (TPSA) is 48.2 Å². The summed E-state index contributed by atoms with van der Waals surface area (Å²) in [4.78, 5) is 0. The summed E-state index contributed by atoms with van der Waals surface area (Å²) in [6.45, 7) is 2.03. The molecule has 3 nitrogen and oxygen atoms in total. The molecule has 0 radical (unpaired) electrons. The minimum Gasteiger partial charge on any atom is -0.278 e. The van der Waals surface area contributed by atoms with Crippen LogP contribution < -0.4 is 5.43 Å². The normalized spacial score (nSPS) is 10.2. The zero-order valence-electron chi connectivity index (χ0n) is 10.1. The second-order valence-electron chi connectivity index (χ2n) is 3.92. The first-order chi connectivity index (χ1) is 8.79. The van der Waals surface area contributed by atoms with Crippen molar-refractivity contribution in [2.45, 2.75) is 6.92 Å². The highest BCUT2D eigenvalue weighted by Gasteiger charge is 1.93. The van der Waals surface area contributed by atoms with Gasteiger partial charge in [0.25, 0.3) is 0 Å². The maximum absolute atomic E-state index is 8.69. The van der Waals surface area contributed by atoms with E-state index in [1.54, 1.807) is 18.3 Å². The first-order valence-corrected chi connectivity index (χ1v) is 5.64. The summed E-state index contributed by atoms with van der Waals surface area (Å²) in [6.07, 6.45) is 1.73. The van der Waals surface area contributed by atoms with Crippen molar-refractivity contribution < 1.29 is 0 Å². The molecule has 0 unspecified atom stereocenters. The van der Waals surface area contributed by atoms with Gasteiger partial charge in [-0.3, -0.25) is 5.43 Å². The number of rotatable bonds is 3. The molecule has 0 saturated heterocycles. The van der Waals surface area contributed by atoms with Crippen molar-refractivity contribution in [1.29, 1.82) is 5.26 Å². The van der Waals surface area contributed by atoms with Gasteiger partial charge in [-0.15, -0.1) is 0 Å². The second kappa shape index (κ2) is 5.65. The molecule has 0 aliphatic carbocycles. The Hall–Kier alpha value is -2.60. The number of aryl methyl sites for hydroxylation is 1. The summed E-state index contributed by atoms with van der Waals surface area (Å²) in [6, 6.07) is 17.3. The quantitative estimate of drug-likeness (QED) is 0.655. The lowest BCUT2D eigenvalue weighted by Crippen LogP contribution is -1.92. The highest BCUT2D eigenvalue weighted by atomic mass is 15.3. The van der Waals surface area contributed by atoms with Crippen LogP contribution in [0.4, 0.5) is 5.69 Å². The van der Waals surface area contributed by atoms with E-state index >= 15 is 0 Å². The van der Waals surface area contributed by atoms with Crippen LogP contribution in [0.5, 0.6) is 0 Å². The fraction of sp³-hybridized carbons (Fsp3) is 0.0667. The number of benzene rings is 2. The van der Waals surface area contributed by atoms with Gasteiger partial charge >= 0.3 is 0 Å². The van der Waals surface area contributed by atoms with Gasteiger partial charge in [0.2, 0.25) is 0 Å². The summed E-state index contributed by atoms with van der Waals surface area (Å²) in [7, 11) is 0. The van der Waals surface area contributed by atoms with E-state index in [0.29, 0.717) is 5.56 Å². The predicted octanol–water partition coefficient (Wildman–Crippen LogP) is 3.31. The number of hydrogen-bond donors (Lipinski definition) is 1. The van der Waals surface area contributed by atoms with Crippen molar-refractivity contribution in [3.63, 3.8) is 0 Å². The Labute approximate surface area is 106 Å². The maximum Gasteiger partial charge on any atom is 0.0991 e. The molecular weight excluding hydrogens is 222 g/mol. The van der Waals surface area contributed by atoms with Crippen LogP contribution in [0.15, 0.2) is 53.6 Å². The van der Waals surface area contributed by atoms with Crippen LogP contribution in [0.2, 0.25) is 0 Å². The fourth-order valence-corrected chi connectivity index (χ4v) is 1.52. The average Bonchev–Trinajstić information content (AvgIpc) is 2.42. The third-order valence-electron chi connectivity index (χ3n) is 2.58. The van der Waals surface area contributed by atoms with Crippen LogP contribution in [-0.4, -0.2) is 6.21 Å². The summed E-state index contributed by atoms with van der Waals surface area (Å²) in [5.41, 5.74) is 6.74. The van der Waals surface area contributed by atoms with Crippen LogP contribution in [0, 0.1) is 18.3 Å². The van der Waals surface area contributed by atoms with E-state index in [9.17, 15) is 0 Å². The number of anilines is 1. The van der Waals surface area contributed by atoms with Gasteiger partial charge in [-0.2, -0.15) is 10.4 Å². The van der Waals surface area contributed by atoms with E-state index < -0.39 is 0 Å². The molecule has 0 spiro atoms. The molecule has 0 aliphatic heterocycles. The Morgan fingerprint density at radius 1 is 1.11 bits per heavy atom. The van der Waals surface area contributed by atoms with Gasteiger partial charge in [-0.05, 0) is 36.2 Å². The molecule has 0 aromatic heterocycles. The molecular formula is C15H13N3. The minimum absolute atomic E-state index is 0.652. The fourth-order valence-electron chi connectivity index (χ4n) is 1.52. The summed E-state index contributed by atoms with van der Waals surface area (Å²) in [5, 5.41) is 12.9. The van der Waals surface area contributed by atoms with E-state index in [2.05, 4.69) is 16.6 Å². The monoisotopic (exact) mass is 235 g/mol. The van der Waals surface area contributed by atoms with Crippen LogP contribution in [-0.2, 0) is 0 Å². The highest BCUT2D eigenvalue weighted by molar-refractivity contribution is 5.80. The Morgan fingerprint density at radius 3 is 2.50 bits per heavy atom. The predicted molar refractivity (Wildman–Crippen MR) is 73.6 cm³/mol. The first-order valence-electron chi connectivity index (χ1n) is 5.64. The molecule has 2 aromatic rings. The largest absolute Gasteiger partial charge is 0.278 e. The second-order valence-corrected chi connectivity index (χ2v) is 3.92. The van der Waals surface area contributed by atoms with Gasteiger partial charge in [-0.25, -0.2) is 0 Å². The zero-order chi connectivity index (χ0) is 12.8. The zero-order valence-corrected chi connectivity index (χ0v) is 10.1. The molecule has 2 aromatic carbocycles. The van der Waals surface area contributed by atoms with Gasteiger partial charge in [0.05, 0.1) is 23.5 Å². The van der Waals surface area contributed by atoms with Crippen molar-refractivity contribution in [2.24, 2.45) is 5.10 Å². The number of hydrazone groups is 1. The summed E-state index contributed by atoms with van der Waals surface area (Å²) in [5.74, 6) is 0. The molecule has 0 amide bonds. The lowest BCUT2D eigenvalue weighted by atomic mass is 10.2. The lowest BCUT2D eigenvalue weighted by Gasteiger charge is -2.03. The maximum atomic E-state index is 8.69. The molecule has 3 heteroatoms. The SMILES string of the molecule is Cc1ccccc1N/N=C\c1ccc(C#N)cc1. The van der Waals surface area contributed by atoms with Crippen molar-refractivity contribution in [3.05, 3.63) is 65.2 Å². The highest BCUT2D eigenvalue weighted by Crippen LogP contribution is 2.12. The number of nitrogens with zero attached hydrogens (tertiary/aromatic N) is 2. The Kier molecular flexibility index (Phi) is 3.72. The van der Waals surface area contributed by atoms with Gasteiger partial charge in [0.1, 0.15) is 0 Å². The number of nitriles is 1. The molecule has 1 N–H and O–H groups in total. The van der Waals surface area contributed by atoms with Gasteiger partial charge in [0.15, 0.2) is 0 Å². The van der Waals surface area contributed by atoms with E-state index in [4.69, 9.17) is 5.26 Å². The van der Waals surface area contributed by atoms with Gasteiger partial charge in [-0.1, -0.05) is 30.3 Å². The van der Waals surface area contributed by atoms with Crippen LogP contribution in [0.1, 0.15) is 16.7 Å². The third kappa shape index (κ3) is 2.96. The van der Waals surface area contributed by atoms with Gasteiger partial charge in [0, 0.05) is 0 Å². The molecule has 0 aliphatic rings. The molecule has 0 heterocycles. The van der Waals surface area contributed by atoms with Crippen molar-refractivity contribution in [2.75, 3.05) is 5.43 Å². The minimum atomic E-state index is 0.652. The smallest absolute Gasteiger partial charge is 0.0991 e. The Morgan fingerprint density at radius 2 is 1.83 bits per heavy atom. The van der Waals surface area contributed by atoms with E-state index in [1.807, 2.05) is 43.3 Å². The van der Waals surface area contributed by atoms with Crippen LogP contribution in [0.25, 0.3) is 0 Å². The molecule has 0 saturated carbocycles. The van der Waals surface area contributed by atoms with E-state index in [1.165, 1.54) is 0 Å². The Bertz CT molecular complexity index is 592. The van der Waals surface area contributed by atoms with Crippen molar-refractivity contribution >= 4 is 11.9 Å². The molecule has 18 heavy (non-hydrogen) atoms. The number of para-hydroxylation sites is 1. The van der Waals surface area contributed by atoms with Crippen LogP contribution >= 0.6 is 0 Å². The molecule has 0 fully saturated rings. The van der Waals surface area contributed by atoms with Crippen molar-refractivity contribution in [1.82, 2.24) is 0 Å². The number of hydrogen-bond acceptors (Lipinski definition) is 3. The number of nitrogens with one attached hydrogen (secondary N) is 1. The lowest BCUT2D eigenvalue weighted by molar-refractivity contribution is 1.31. The van der Waals surface area contributed by atoms with E-state index in [-0.39, 0.29) is 0 Å². The molecule has 0 atom stereocenters. The first kappa shape index (κ1) is 11.9. The summed E-state index contributed by atoms with van der Waals surface area (Å²) >= 11 is 0. The van der Waals surface area contributed by atoms with Crippen LogP contribution in [0.3, 0.4) is 0 Å². The van der Waals surface area contributed by atoms with Gasteiger partial charge < -0.3 is 0 Å². The molecule has 0 bridgehead atoms. The van der Waals surface area contributed by atoms with E-state index in [0.717, 1.165) is 16.8 Å². The Balaban J connectivity index is 2.03. The third-order valence-corrected chi connectivity index (χ3v) is 2.58.